The van der Waals surface area contributed by atoms with Gasteiger partial charge in [0.15, 0.2) is 0 Å². The lowest BCUT2D eigenvalue weighted by Gasteiger charge is -2.23. The molecule has 0 unspecified atom stereocenters. The zero-order valence-electron chi connectivity index (χ0n) is 12.7. The second-order valence-electron chi connectivity index (χ2n) is 5.81. The van der Waals surface area contributed by atoms with Gasteiger partial charge in [0.25, 0.3) is 0 Å². The van der Waals surface area contributed by atoms with Gasteiger partial charge in [0.2, 0.25) is 10.0 Å². The molecule has 2 rings (SSSR count). The molecule has 0 heterocycles. The maximum atomic E-state index is 12.6. The molecule has 1 saturated carbocycles. The molecule has 5 heteroatoms. The molecule has 0 radical (unpaired) electrons. The molecule has 1 aliphatic carbocycles. The first-order chi connectivity index (χ1) is 9.34. The van der Waals surface area contributed by atoms with Gasteiger partial charge in [0.05, 0.1) is 4.90 Å². The minimum Gasteiger partial charge on any atom is -0.310 e. The van der Waals surface area contributed by atoms with Crippen LogP contribution in [0.2, 0.25) is 0 Å². The summed E-state index contributed by atoms with van der Waals surface area (Å²) in [6.07, 6.45) is 2.46. The Hall–Kier alpha value is -0.910. The van der Waals surface area contributed by atoms with Crippen molar-refractivity contribution in [2.75, 3.05) is 7.05 Å². The summed E-state index contributed by atoms with van der Waals surface area (Å²) in [6.45, 7) is 6.40. The summed E-state index contributed by atoms with van der Waals surface area (Å²) in [5.74, 6) is 0. The Morgan fingerprint density at radius 3 is 2.55 bits per heavy atom. The van der Waals surface area contributed by atoms with Gasteiger partial charge in [-0.1, -0.05) is 12.1 Å². The van der Waals surface area contributed by atoms with Crippen molar-refractivity contribution in [3.8, 4) is 0 Å². The summed E-state index contributed by atoms with van der Waals surface area (Å²) in [6, 6.07) is 6.10. The van der Waals surface area contributed by atoms with Crippen molar-refractivity contribution in [3.05, 3.63) is 29.3 Å². The molecule has 0 spiro atoms. The van der Waals surface area contributed by atoms with Crippen LogP contribution < -0.4 is 5.32 Å². The molecule has 20 heavy (non-hydrogen) atoms. The standard InChI is InChI=1S/C15H24N2O2S/c1-11(2)17(4)20(18,19)15-7-5-6-13(12(15)3)10-16-14-8-9-14/h5-7,11,14,16H,8-10H2,1-4H3. The number of hydrogen-bond donors (Lipinski definition) is 1. The van der Waals surface area contributed by atoms with Crippen LogP contribution in [-0.4, -0.2) is 31.9 Å². The van der Waals surface area contributed by atoms with Crippen LogP contribution in [0, 0.1) is 6.92 Å². The first kappa shape index (κ1) is 15.5. The minimum absolute atomic E-state index is 0.0485. The highest BCUT2D eigenvalue weighted by Crippen LogP contribution is 2.24. The average Bonchev–Trinajstić information content (AvgIpc) is 3.20. The number of nitrogens with zero attached hydrogens (tertiary/aromatic N) is 1. The van der Waals surface area contributed by atoms with Crippen LogP contribution >= 0.6 is 0 Å². The van der Waals surface area contributed by atoms with Crippen molar-refractivity contribution in [1.82, 2.24) is 9.62 Å². The van der Waals surface area contributed by atoms with Crippen molar-refractivity contribution in [2.45, 2.75) is 57.1 Å². The minimum atomic E-state index is -3.41. The second-order valence-corrected chi connectivity index (χ2v) is 7.78. The maximum Gasteiger partial charge on any atom is 0.243 e. The fourth-order valence-corrected chi connectivity index (χ4v) is 3.74. The zero-order valence-corrected chi connectivity index (χ0v) is 13.5. The van der Waals surface area contributed by atoms with Gasteiger partial charge in [-0.25, -0.2) is 8.42 Å². The predicted molar refractivity (Wildman–Crippen MR) is 81.1 cm³/mol. The molecule has 1 aromatic carbocycles. The van der Waals surface area contributed by atoms with E-state index < -0.39 is 10.0 Å². The van der Waals surface area contributed by atoms with E-state index in [-0.39, 0.29) is 6.04 Å². The van der Waals surface area contributed by atoms with Crippen LogP contribution in [-0.2, 0) is 16.6 Å². The van der Waals surface area contributed by atoms with E-state index in [9.17, 15) is 8.42 Å². The Balaban J connectivity index is 2.29. The first-order valence-corrected chi connectivity index (χ1v) is 8.58. The second kappa shape index (κ2) is 5.84. The summed E-state index contributed by atoms with van der Waals surface area (Å²) >= 11 is 0. The summed E-state index contributed by atoms with van der Waals surface area (Å²) in [7, 11) is -1.78. The van der Waals surface area contributed by atoms with E-state index in [1.165, 1.54) is 17.1 Å². The van der Waals surface area contributed by atoms with Gasteiger partial charge in [0.1, 0.15) is 0 Å². The lowest BCUT2D eigenvalue weighted by Crippen LogP contribution is -2.33. The summed E-state index contributed by atoms with van der Waals surface area (Å²) in [4.78, 5) is 0.420. The first-order valence-electron chi connectivity index (χ1n) is 7.14. The van der Waals surface area contributed by atoms with Crippen LogP contribution in [0.4, 0.5) is 0 Å². The molecule has 0 bridgehead atoms. The fourth-order valence-electron chi connectivity index (χ4n) is 2.11. The lowest BCUT2D eigenvalue weighted by atomic mass is 10.1. The molecular formula is C15H24N2O2S. The van der Waals surface area contributed by atoms with Crippen LogP contribution in [0.3, 0.4) is 0 Å². The SMILES string of the molecule is Cc1c(CNC2CC2)cccc1S(=O)(=O)N(C)C(C)C. The fraction of sp³-hybridized carbons (Fsp3) is 0.600. The monoisotopic (exact) mass is 296 g/mol. The summed E-state index contributed by atoms with van der Waals surface area (Å²) in [5.41, 5.74) is 1.92. The van der Waals surface area contributed by atoms with Gasteiger partial charge in [-0.15, -0.1) is 0 Å². The zero-order chi connectivity index (χ0) is 14.9. The van der Waals surface area contributed by atoms with Crippen LogP contribution in [0.5, 0.6) is 0 Å². The largest absolute Gasteiger partial charge is 0.310 e. The molecule has 0 aliphatic heterocycles. The third-order valence-corrected chi connectivity index (χ3v) is 6.12. The number of nitrogens with one attached hydrogen (secondary N) is 1. The van der Waals surface area contributed by atoms with Crippen molar-refractivity contribution >= 4 is 10.0 Å². The van der Waals surface area contributed by atoms with Crippen LogP contribution in [0.1, 0.15) is 37.8 Å². The van der Waals surface area contributed by atoms with E-state index in [0.29, 0.717) is 10.9 Å². The Labute approximate surface area is 122 Å². The van der Waals surface area contributed by atoms with Crippen LogP contribution in [0.15, 0.2) is 23.1 Å². The van der Waals surface area contributed by atoms with Gasteiger partial charge >= 0.3 is 0 Å². The van der Waals surface area contributed by atoms with E-state index in [1.54, 1.807) is 13.1 Å². The third kappa shape index (κ3) is 3.22. The lowest BCUT2D eigenvalue weighted by molar-refractivity contribution is 0.410. The highest BCUT2D eigenvalue weighted by molar-refractivity contribution is 7.89. The molecule has 0 atom stereocenters. The topological polar surface area (TPSA) is 49.4 Å². The van der Waals surface area contributed by atoms with Crippen molar-refractivity contribution in [3.63, 3.8) is 0 Å². The predicted octanol–water partition coefficient (Wildman–Crippen LogP) is 2.28. The number of hydrogen-bond acceptors (Lipinski definition) is 3. The number of rotatable bonds is 6. The maximum absolute atomic E-state index is 12.6. The van der Waals surface area contributed by atoms with Crippen molar-refractivity contribution < 1.29 is 8.42 Å². The molecule has 1 fully saturated rings. The molecule has 0 aromatic heterocycles. The number of sulfonamides is 1. The smallest absolute Gasteiger partial charge is 0.243 e. The average molecular weight is 296 g/mol. The van der Waals surface area contributed by atoms with E-state index >= 15 is 0 Å². The molecular weight excluding hydrogens is 272 g/mol. The molecule has 0 saturated heterocycles. The van der Waals surface area contributed by atoms with Gasteiger partial charge in [-0.2, -0.15) is 4.31 Å². The quantitative estimate of drug-likeness (QED) is 0.876. The summed E-state index contributed by atoms with van der Waals surface area (Å²) < 4.78 is 26.6. The Morgan fingerprint density at radius 2 is 2.00 bits per heavy atom. The Morgan fingerprint density at radius 1 is 1.35 bits per heavy atom. The highest BCUT2D eigenvalue weighted by atomic mass is 32.2. The number of benzene rings is 1. The van der Waals surface area contributed by atoms with Crippen LogP contribution in [0.25, 0.3) is 0 Å². The van der Waals surface area contributed by atoms with Crippen molar-refractivity contribution in [1.29, 1.82) is 0 Å². The van der Waals surface area contributed by atoms with Gasteiger partial charge < -0.3 is 5.32 Å². The van der Waals surface area contributed by atoms with E-state index in [4.69, 9.17) is 0 Å². The molecule has 1 aliphatic rings. The Kier molecular flexibility index (Phi) is 4.52. The molecule has 1 aromatic rings. The van der Waals surface area contributed by atoms with E-state index in [2.05, 4.69) is 5.32 Å². The molecule has 0 amide bonds. The third-order valence-electron chi connectivity index (χ3n) is 3.94. The normalized spacial score (nSPS) is 16.1. The highest BCUT2D eigenvalue weighted by Gasteiger charge is 2.26. The van der Waals surface area contributed by atoms with E-state index in [0.717, 1.165) is 17.7 Å². The van der Waals surface area contributed by atoms with Crippen molar-refractivity contribution in [2.24, 2.45) is 0 Å². The molecule has 4 nitrogen and oxygen atoms in total. The van der Waals surface area contributed by atoms with Gasteiger partial charge in [-0.3, -0.25) is 0 Å². The Bertz CT molecular complexity index is 578. The molecule has 1 N–H and O–H groups in total. The van der Waals surface area contributed by atoms with Gasteiger partial charge in [0, 0.05) is 25.7 Å². The van der Waals surface area contributed by atoms with Gasteiger partial charge in [-0.05, 0) is 50.8 Å². The van der Waals surface area contributed by atoms with E-state index in [1.807, 2.05) is 32.9 Å². The summed E-state index contributed by atoms with van der Waals surface area (Å²) in [5, 5.41) is 3.44. The molecule has 112 valence electrons.